The molecule has 2 rings (SSSR count). The molecule has 1 aromatic rings. The average Bonchev–Trinajstić information content (AvgIpc) is 2.64. The van der Waals surface area contributed by atoms with Gasteiger partial charge in [-0.3, -0.25) is 4.79 Å². The van der Waals surface area contributed by atoms with Gasteiger partial charge >= 0.3 is 5.97 Å². The van der Waals surface area contributed by atoms with E-state index < -0.39 is 5.97 Å². The number of aryl methyl sites for hydroxylation is 1. The van der Waals surface area contributed by atoms with Crippen LogP contribution in [0.15, 0.2) is 29.3 Å². The Morgan fingerprint density at radius 2 is 2.41 bits per heavy atom. The quantitative estimate of drug-likeness (QED) is 0.862. The van der Waals surface area contributed by atoms with Crippen molar-refractivity contribution in [2.75, 3.05) is 6.61 Å². The van der Waals surface area contributed by atoms with Crippen LogP contribution in [-0.2, 0) is 16.0 Å². The fraction of sp³-hybridized carbons (Fsp3) is 0.385. The van der Waals surface area contributed by atoms with Gasteiger partial charge in [0.2, 0.25) is 0 Å². The Hall–Kier alpha value is -1.84. The van der Waals surface area contributed by atoms with Crippen molar-refractivity contribution in [1.82, 2.24) is 0 Å². The number of carboxylic acids is 1. The predicted octanol–water partition coefficient (Wildman–Crippen LogP) is 1.81. The highest BCUT2D eigenvalue weighted by Gasteiger charge is 2.20. The van der Waals surface area contributed by atoms with Crippen LogP contribution in [0.25, 0.3) is 0 Å². The van der Waals surface area contributed by atoms with Crippen LogP contribution >= 0.6 is 0 Å². The van der Waals surface area contributed by atoms with Gasteiger partial charge in [-0.1, -0.05) is 29.8 Å². The summed E-state index contributed by atoms with van der Waals surface area (Å²) in [7, 11) is 0. The summed E-state index contributed by atoms with van der Waals surface area (Å²) >= 11 is 0. The average molecular weight is 233 g/mol. The van der Waals surface area contributed by atoms with Crippen molar-refractivity contribution in [3.63, 3.8) is 0 Å². The van der Waals surface area contributed by atoms with E-state index in [0.29, 0.717) is 12.5 Å². The number of benzene rings is 1. The van der Waals surface area contributed by atoms with Crippen LogP contribution in [0.5, 0.6) is 0 Å². The number of aliphatic carboxylic acids is 1. The molecule has 0 saturated carbocycles. The fourth-order valence-electron chi connectivity index (χ4n) is 1.91. The Kier molecular flexibility index (Phi) is 3.42. The summed E-state index contributed by atoms with van der Waals surface area (Å²) in [6.07, 6.45) is 0.676. The number of hydrogen-bond donors (Lipinski definition) is 1. The van der Waals surface area contributed by atoms with Crippen molar-refractivity contribution in [2.24, 2.45) is 4.99 Å². The molecule has 17 heavy (non-hydrogen) atoms. The molecule has 0 amide bonds. The zero-order chi connectivity index (χ0) is 12.3. The molecule has 0 spiro atoms. The lowest BCUT2D eigenvalue weighted by atomic mass is 10.1. The lowest BCUT2D eigenvalue weighted by Gasteiger charge is -2.05. The summed E-state index contributed by atoms with van der Waals surface area (Å²) in [6, 6.07) is 8.28. The fourth-order valence-corrected chi connectivity index (χ4v) is 1.91. The Morgan fingerprint density at radius 3 is 3.12 bits per heavy atom. The third-order valence-electron chi connectivity index (χ3n) is 2.63. The second-order valence-electron chi connectivity index (χ2n) is 4.25. The number of aliphatic imine (C=N–C) groups is 1. The molecule has 1 aliphatic heterocycles. The van der Waals surface area contributed by atoms with E-state index in [1.807, 2.05) is 19.1 Å². The van der Waals surface area contributed by atoms with Gasteiger partial charge in [-0.15, -0.1) is 0 Å². The number of rotatable bonds is 4. The van der Waals surface area contributed by atoms with Crippen molar-refractivity contribution in [3.05, 3.63) is 35.4 Å². The normalized spacial score (nSPS) is 18.6. The number of ether oxygens (including phenoxy) is 1. The van der Waals surface area contributed by atoms with Crippen molar-refractivity contribution < 1.29 is 14.6 Å². The summed E-state index contributed by atoms with van der Waals surface area (Å²) in [5.41, 5.74) is 2.43. The molecule has 1 heterocycles. The van der Waals surface area contributed by atoms with E-state index in [0.717, 1.165) is 6.42 Å². The molecule has 1 aliphatic rings. The molecule has 1 unspecified atom stereocenters. The smallest absolute Gasteiger partial charge is 0.312 e. The number of nitrogens with zero attached hydrogens (tertiary/aromatic N) is 1. The van der Waals surface area contributed by atoms with Crippen molar-refractivity contribution in [1.29, 1.82) is 0 Å². The predicted molar refractivity (Wildman–Crippen MR) is 64.3 cm³/mol. The van der Waals surface area contributed by atoms with Gasteiger partial charge in [-0.05, 0) is 18.9 Å². The Labute approximate surface area is 99.9 Å². The first-order chi connectivity index (χ1) is 8.13. The molecule has 90 valence electrons. The van der Waals surface area contributed by atoms with Crippen LogP contribution in [-0.4, -0.2) is 29.6 Å². The maximum atomic E-state index is 10.5. The lowest BCUT2D eigenvalue weighted by molar-refractivity contribution is -0.135. The number of carbonyl (C=O) groups is 1. The summed E-state index contributed by atoms with van der Waals surface area (Å²) in [5.74, 6) is -0.560. The third kappa shape index (κ3) is 3.31. The van der Waals surface area contributed by atoms with Crippen molar-refractivity contribution in [2.45, 2.75) is 25.8 Å². The summed E-state index contributed by atoms with van der Waals surface area (Å²) in [4.78, 5) is 14.8. The van der Waals surface area contributed by atoms with Crippen molar-refractivity contribution >= 4 is 11.9 Å². The molecule has 4 heteroatoms. The molecule has 0 aromatic heterocycles. The van der Waals surface area contributed by atoms with E-state index >= 15 is 0 Å². The van der Waals surface area contributed by atoms with E-state index in [1.165, 1.54) is 11.1 Å². The summed E-state index contributed by atoms with van der Waals surface area (Å²) in [6.45, 7) is 2.53. The third-order valence-corrected chi connectivity index (χ3v) is 2.63. The highest BCUT2D eigenvalue weighted by molar-refractivity contribution is 5.94. The zero-order valence-electron chi connectivity index (χ0n) is 9.72. The monoisotopic (exact) mass is 233 g/mol. The SMILES string of the molecule is Cc1cccc(CC2COC(CC(=O)O)=N2)c1. The molecule has 4 nitrogen and oxygen atoms in total. The van der Waals surface area contributed by atoms with Gasteiger partial charge in [-0.2, -0.15) is 0 Å². The van der Waals surface area contributed by atoms with Crippen LogP contribution in [0, 0.1) is 6.92 Å². The molecule has 1 atom stereocenters. The Balaban J connectivity index is 1.97. The first-order valence-corrected chi connectivity index (χ1v) is 5.60. The van der Waals surface area contributed by atoms with Crippen molar-refractivity contribution in [3.8, 4) is 0 Å². The van der Waals surface area contributed by atoms with Crippen LogP contribution in [0.1, 0.15) is 17.5 Å². The van der Waals surface area contributed by atoms with E-state index in [1.54, 1.807) is 0 Å². The number of hydrogen-bond acceptors (Lipinski definition) is 3. The van der Waals surface area contributed by atoms with E-state index in [2.05, 4.69) is 17.1 Å². The first-order valence-electron chi connectivity index (χ1n) is 5.60. The van der Waals surface area contributed by atoms with Crippen LogP contribution in [0.3, 0.4) is 0 Å². The zero-order valence-corrected chi connectivity index (χ0v) is 9.72. The van der Waals surface area contributed by atoms with Gasteiger partial charge in [0, 0.05) is 0 Å². The molecular formula is C13H15NO3. The van der Waals surface area contributed by atoms with Gasteiger partial charge in [0.1, 0.15) is 13.0 Å². The van der Waals surface area contributed by atoms with Gasteiger partial charge in [0.25, 0.3) is 0 Å². The van der Waals surface area contributed by atoms with Crippen LogP contribution in [0.2, 0.25) is 0 Å². The number of carboxylic acid groups (broad SMARTS) is 1. The molecule has 0 saturated heterocycles. The molecule has 1 aromatic carbocycles. The van der Waals surface area contributed by atoms with Crippen LogP contribution < -0.4 is 0 Å². The second kappa shape index (κ2) is 4.99. The highest BCUT2D eigenvalue weighted by Crippen LogP contribution is 2.14. The maximum absolute atomic E-state index is 10.5. The first kappa shape index (κ1) is 11.6. The molecule has 0 bridgehead atoms. The van der Waals surface area contributed by atoms with Gasteiger partial charge < -0.3 is 9.84 Å². The van der Waals surface area contributed by atoms with Gasteiger partial charge in [0.05, 0.1) is 6.04 Å². The highest BCUT2D eigenvalue weighted by atomic mass is 16.5. The van der Waals surface area contributed by atoms with Gasteiger partial charge in [-0.25, -0.2) is 4.99 Å². The standard InChI is InChI=1S/C13H15NO3/c1-9-3-2-4-10(5-9)6-11-8-17-12(14-11)7-13(15)16/h2-5,11H,6-8H2,1H3,(H,15,16). The minimum absolute atomic E-state index is 0.0474. The molecule has 0 aliphatic carbocycles. The minimum Gasteiger partial charge on any atom is -0.481 e. The Morgan fingerprint density at radius 1 is 1.59 bits per heavy atom. The molecule has 1 N–H and O–H groups in total. The lowest BCUT2D eigenvalue weighted by Crippen LogP contribution is -2.10. The summed E-state index contributed by atoms with van der Waals surface area (Å²) < 4.78 is 5.25. The minimum atomic E-state index is -0.903. The maximum Gasteiger partial charge on any atom is 0.312 e. The van der Waals surface area contributed by atoms with E-state index in [-0.39, 0.29) is 12.5 Å². The topological polar surface area (TPSA) is 58.9 Å². The van der Waals surface area contributed by atoms with Crippen LogP contribution in [0.4, 0.5) is 0 Å². The second-order valence-corrected chi connectivity index (χ2v) is 4.25. The largest absolute Gasteiger partial charge is 0.481 e. The summed E-state index contributed by atoms with van der Waals surface area (Å²) in [5, 5.41) is 8.63. The Bertz CT molecular complexity index is 454. The molecule has 0 fully saturated rings. The van der Waals surface area contributed by atoms with E-state index in [9.17, 15) is 4.79 Å². The molecule has 0 radical (unpaired) electrons. The van der Waals surface area contributed by atoms with E-state index in [4.69, 9.17) is 9.84 Å². The van der Waals surface area contributed by atoms with Gasteiger partial charge in [0.15, 0.2) is 5.90 Å². The molecular weight excluding hydrogens is 218 g/mol.